The summed E-state index contributed by atoms with van der Waals surface area (Å²) in [6.07, 6.45) is 0. The maximum atomic E-state index is 11.8. The first-order chi connectivity index (χ1) is 8.45. The zero-order valence-corrected chi connectivity index (χ0v) is 11.8. The Hall–Kier alpha value is -1.62. The molecule has 0 bridgehead atoms. The van der Waals surface area contributed by atoms with Crippen molar-refractivity contribution in [2.75, 3.05) is 32.1 Å². The van der Waals surface area contributed by atoms with E-state index in [0.717, 1.165) is 11.3 Å². The van der Waals surface area contributed by atoms with Crippen molar-refractivity contribution in [3.8, 4) is 0 Å². The molecule has 0 aromatic heterocycles. The van der Waals surface area contributed by atoms with Crippen LogP contribution in [0.4, 0.5) is 5.69 Å². The van der Waals surface area contributed by atoms with Crippen LogP contribution in [-0.4, -0.2) is 43.0 Å². The van der Waals surface area contributed by atoms with E-state index in [2.05, 4.69) is 0 Å². The number of anilines is 1. The lowest BCUT2D eigenvalue weighted by atomic mass is 10.2. The normalized spacial score (nSPS) is 9.94. The summed E-state index contributed by atoms with van der Waals surface area (Å²) in [4.78, 5) is 15.7. The van der Waals surface area contributed by atoms with Gasteiger partial charge >= 0.3 is 0 Å². The molecule has 1 rings (SSSR count). The molecule has 0 spiro atoms. The number of likely N-dealkylation sites (N-methyl/N-ethyl adjacent to an activating group) is 2. The van der Waals surface area contributed by atoms with Crippen LogP contribution in [0.3, 0.4) is 0 Å². The average Bonchev–Trinajstić information content (AvgIpc) is 2.37. The minimum Gasteiger partial charge on any atom is -0.389 e. The van der Waals surface area contributed by atoms with Gasteiger partial charge in [-0.3, -0.25) is 4.79 Å². The van der Waals surface area contributed by atoms with Crippen LogP contribution >= 0.6 is 12.2 Å². The highest BCUT2D eigenvalue weighted by molar-refractivity contribution is 7.80. The van der Waals surface area contributed by atoms with Gasteiger partial charge in [-0.25, -0.2) is 0 Å². The first-order valence-electron chi connectivity index (χ1n) is 5.80. The topological polar surface area (TPSA) is 49.6 Å². The van der Waals surface area contributed by atoms with Crippen molar-refractivity contribution in [3.05, 3.63) is 29.8 Å². The molecule has 4 nitrogen and oxygen atoms in total. The minimum absolute atomic E-state index is 0.0840. The van der Waals surface area contributed by atoms with Crippen molar-refractivity contribution in [2.45, 2.75) is 6.92 Å². The summed E-state index contributed by atoms with van der Waals surface area (Å²) in [5.74, 6) is 0.0840. The number of carbonyl (C=O) groups excluding carboxylic acids is 1. The van der Waals surface area contributed by atoms with Crippen LogP contribution in [0.5, 0.6) is 0 Å². The largest absolute Gasteiger partial charge is 0.389 e. The average molecular weight is 265 g/mol. The summed E-state index contributed by atoms with van der Waals surface area (Å²) in [5, 5.41) is 0. The summed E-state index contributed by atoms with van der Waals surface area (Å²) in [6, 6.07) is 7.57. The molecule has 2 N–H and O–H groups in total. The van der Waals surface area contributed by atoms with Crippen LogP contribution < -0.4 is 10.6 Å². The summed E-state index contributed by atoms with van der Waals surface area (Å²) in [6.45, 7) is 3.00. The molecule has 0 atom stereocenters. The number of hydrogen-bond donors (Lipinski definition) is 1. The summed E-state index contributed by atoms with van der Waals surface area (Å²) in [5.41, 5.74) is 7.33. The molecule has 0 heterocycles. The number of nitrogens with zero attached hydrogens (tertiary/aromatic N) is 2. The van der Waals surface area contributed by atoms with Gasteiger partial charge in [0.25, 0.3) is 0 Å². The fourth-order valence-electron chi connectivity index (χ4n) is 1.49. The number of benzene rings is 1. The fraction of sp³-hybridized carbons (Fsp3) is 0.385. The number of amides is 1. The summed E-state index contributed by atoms with van der Waals surface area (Å²) < 4.78 is 0. The Kier molecular flexibility index (Phi) is 5.09. The van der Waals surface area contributed by atoms with E-state index in [-0.39, 0.29) is 5.91 Å². The highest BCUT2D eigenvalue weighted by Gasteiger charge is 2.11. The van der Waals surface area contributed by atoms with Crippen LogP contribution in [0, 0.1) is 0 Å². The van der Waals surface area contributed by atoms with Crippen LogP contribution in [0.25, 0.3) is 0 Å². The van der Waals surface area contributed by atoms with E-state index in [1.54, 1.807) is 11.9 Å². The number of carbonyl (C=O) groups is 1. The Morgan fingerprint density at radius 3 is 2.61 bits per heavy atom. The predicted octanol–water partition coefficient (Wildman–Crippen LogP) is 1.24. The first kappa shape index (κ1) is 14.4. The molecule has 18 heavy (non-hydrogen) atoms. The van der Waals surface area contributed by atoms with Gasteiger partial charge in [-0.05, 0) is 19.1 Å². The number of thiocarbonyl (C=S) groups is 1. The van der Waals surface area contributed by atoms with Gasteiger partial charge in [0, 0.05) is 31.9 Å². The second-order valence-electron chi connectivity index (χ2n) is 4.18. The van der Waals surface area contributed by atoms with E-state index in [1.807, 2.05) is 43.1 Å². The van der Waals surface area contributed by atoms with E-state index < -0.39 is 0 Å². The molecule has 0 radical (unpaired) electrons. The molecule has 1 amide bonds. The Balaban J connectivity index is 2.78. The Morgan fingerprint density at radius 1 is 1.39 bits per heavy atom. The number of nitrogens with two attached hydrogens (primary N) is 1. The molecule has 1 aromatic rings. The van der Waals surface area contributed by atoms with Crippen molar-refractivity contribution in [2.24, 2.45) is 5.73 Å². The van der Waals surface area contributed by atoms with Gasteiger partial charge in [0.15, 0.2) is 0 Å². The van der Waals surface area contributed by atoms with Crippen molar-refractivity contribution in [3.63, 3.8) is 0 Å². The van der Waals surface area contributed by atoms with Crippen LogP contribution in [0.15, 0.2) is 24.3 Å². The van der Waals surface area contributed by atoms with Gasteiger partial charge in [-0.15, -0.1) is 0 Å². The third-order valence-electron chi connectivity index (χ3n) is 2.84. The van der Waals surface area contributed by atoms with E-state index in [9.17, 15) is 4.79 Å². The lowest BCUT2D eigenvalue weighted by molar-refractivity contribution is -0.128. The molecular weight excluding hydrogens is 246 g/mol. The fourth-order valence-corrected chi connectivity index (χ4v) is 1.61. The SMILES string of the molecule is CCN(C)C(=O)CN(C)c1cccc(C(N)=S)c1. The molecule has 5 heteroatoms. The minimum atomic E-state index is 0.0840. The highest BCUT2D eigenvalue weighted by atomic mass is 32.1. The smallest absolute Gasteiger partial charge is 0.241 e. The quantitative estimate of drug-likeness (QED) is 0.814. The lowest BCUT2D eigenvalue weighted by Crippen LogP contribution is -2.36. The number of hydrogen-bond acceptors (Lipinski definition) is 3. The molecule has 0 saturated carbocycles. The van der Waals surface area contributed by atoms with Crippen molar-refractivity contribution in [1.29, 1.82) is 0 Å². The third-order valence-corrected chi connectivity index (χ3v) is 3.08. The second kappa shape index (κ2) is 6.35. The maximum absolute atomic E-state index is 11.8. The predicted molar refractivity (Wildman–Crippen MR) is 78.9 cm³/mol. The molecule has 1 aromatic carbocycles. The molecule has 0 unspecified atom stereocenters. The van der Waals surface area contributed by atoms with E-state index >= 15 is 0 Å². The molecule has 0 aliphatic carbocycles. The number of rotatable bonds is 5. The maximum Gasteiger partial charge on any atom is 0.241 e. The van der Waals surface area contributed by atoms with E-state index in [4.69, 9.17) is 18.0 Å². The summed E-state index contributed by atoms with van der Waals surface area (Å²) in [7, 11) is 3.67. The molecule has 0 aliphatic rings. The van der Waals surface area contributed by atoms with Gasteiger partial charge in [-0.1, -0.05) is 24.4 Å². The monoisotopic (exact) mass is 265 g/mol. The van der Waals surface area contributed by atoms with Crippen LogP contribution in [-0.2, 0) is 4.79 Å². The van der Waals surface area contributed by atoms with E-state index in [0.29, 0.717) is 18.1 Å². The molecule has 0 saturated heterocycles. The van der Waals surface area contributed by atoms with Crippen molar-refractivity contribution < 1.29 is 4.79 Å². The van der Waals surface area contributed by atoms with Crippen LogP contribution in [0.1, 0.15) is 12.5 Å². The highest BCUT2D eigenvalue weighted by Crippen LogP contribution is 2.14. The zero-order valence-electron chi connectivity index (χ0n) is 11.0. The Labute approximate surface area is 113 Å². The molecular formula is C13H19N3OS. The lowest BCUT2D eigenvalue weighted by Gasteiger charge is -2.22. The van der Waals surface area contributed by atoms with Gasteiger partial charge in [0.2, 0.25) is 5.91 Å². The van der Waals surface area contributed by atoms with Crippen molar-refractivity contribution >= 4 is 28.8 Å². The second-order valence-corrected chi connectivity index (χ2v) is 4.62. The Bertz CT molecular complexity index is 448. The van der Waals surface area contributed by atoms with Crippen molar-refractivity contribution in [1.82, 2.24) is 4.90 Å². The Morgan fingerprint density at radius 2 is 2.06 bits per heavy atom. The summed E-state index contributed by atoms with van der Waals surface area (Å²) >= 11 is 4.94. The molecule has 98 valence electrons. The molecule has 0 aliphatic heterocycles. The first-order valence-corrected chi connectivity index (χ1v) is 6.21. The van der Waals surface area contributed by atoms with Gasteiger partial charge < -0.3 is 15.5 Å². The molecule has 0 fully saturated rings. The van der Waals surface area contributed by atoms with Gasteiger partial charge in [0.1, 0.15) is 4.99 Å². The van der Waals surface area contributed by atoms with Crippen LogP contribution in [0.2, 0.25) is 0 Å². The zero-order chi connectivity index (χ0) is 13.7. The standard InChI is InChI=1S/C13H19N3OS/c1-4-15(2)12(17)9-16(3)11-7-5-6-10(8-11)13(14)18/h5-8H,4,9H2,1-3H3,(H2,14,18). The van der Waals surface area contributed by atoms with E-state index in [1.165, 1.54) is 0 Å². The van der Waals surface area contributed by atoms with Gasteiger partial charge in [-0.2, -0.15) is 0 Å². The van der Waals surface area contributed by atoms with Gasteiger partial charge in [0.05, 0.1) is 6.54 Å². The third kappa shape index (κ3) is 3.70.